The molecule has 0 aliphatic rings. The van der Waals surface area contributed by atoms with Crippen molar-refractivity contribution >= 4 is 15.9 Å². The summed E-state index contributed by atoms with van der Waals surface area (Å²) < 4.78 is 4.14. The SMILES string of the molecule is C=CC(=O)OC.P. The van der Waals surface area contributed by atoms with Crippen molar-refractivity contribution in [1.82, 2.24) is 0 Å². The molecule has 0 spiro atoms. The van der Waals surface area contributed by atoms with Crippen LogP contribution in [0.4, 0.5) is 0 Å². The van der Waals surface area contributed by atoms with Crippen LogP contribution in [0.2, 0.25) is 0 Å². The maximum atomic E-state index is 9.84. The van der Waals surface area contributed by atoms with Gasteiger partial charge in [-0.1, -0.05) is 6.58 Å². The van der Waals surface area contributed by atoms with E-state index < -0.39 is 5.97 Å². The topological polar surface area (TPSA) is 26.3 Å². The summed E-state index contributed by atoms with van der Waals surface area (Å²) in [4.78, 5) is 9.84. The molecule has 3 heteroatoms. The predicted octanol–water partition coefficient (Wildman–Crippen LogP) is 0.403. The lowest BCUT2D eigenvalue weighted by molar-refractivity contribution is -0.134. The Balaban J connectivity index is 0. The van der Waals surface area contributed by atoms with E-state index in [0.717, 1.165) is 6.08 Å². The molecular weight excluding hydrogens is 111 g/mol. The third kappa shape index (κ3) is 5.64. The van der Waals surface area contributed by atoms with Gasteiger partial charge >= 0.3 is 5.97 Å². The molecule has 7 heavy (non-hydrogen) atoms. The molecule has 0 aromatic rings. The van der Waals surface area contributed by atoms with Crippen LogP contribution in [0.5, 0.6) is 0 Å². The van der Waals surface area contributed by atoms with Gasteiger partial charge in [-0.25, -0.2) is 4.79 Å². The zero-order valence-corrected chi connectivity index (χ0v) is 5.72. The van der Waals surface area contributed by atoms with Gasteiger partial charge in [0.2, 0.25) is 0 Å². The molecule has 0 aromatic carbocycles. The van der Waals surface area contributed by atoms with Gasteiger partial charge in [-0.15, -0.1) is 0 Å². The number of esters is 1. The van der Waals surface area contributed by atoms with E-state index in [4.69, 9.17) is 0 Å². The van der Waals surface area contributed by atoms with Crippen LogP contribution in [-0.4, -0.2) is 13.1 Å². The van der Waals surface area contributed by atoms with Crippen molar-refractivity contribution in [2.45, 2.75) is 0 Å². The predicted molar refractivity (Wildman–Crippen MR) is 33.3 cm³/mol. The Kier molecular flexibility index (Phi) is 7.90. The first kappa shape index (κ1) is 9.81. The third-order valence-electron chi connectivity index (χ3n) is 0.368. The molecule has 0 bridgehead atoms. The summed E-state index contributed by atoms with van der Waals surface area (Å²) in [5.74, 6) is -0.394. The standard InChI is InChI=1S/C4H6O2.H3P/c1-3-4(5)6-2;/h3H,1H2,2H3;1H3. The molecule has 0 saturated heterocycles. The number of methoxy groups -OCH3 is 1. The maximum Gasteiger partial charge on any atom is 0.329 e. The first-order valence-corrected chi connectivity index (χ1v) is 1.51. The Hall–Kier alpha value is -0.360. The molecule has 0 heterocycles. The molecule has 0 radical (unpaired) electrons. The van der Waals surface area contributed by atoms with Crippen molar-refractivity contribution in [2.24, 2.45) is 0 Å². The first-order valence-electron chi connectivity index (χ1n) is 1.51. The normalized spacial score (nSPS) is 5.86. The number of ether oxygens (including phenoxy) is 1. The van der Waals surface area contributed by atoms with Gasteiger partial charge in [0.15, 0.2) is 0 Å². The minimum absolute atomic E-state index is 0. The van der Waals surface area contributed by atoms with Gasteiger partial charge in [-0.3, -0.25) is 0 Å². The third-order valence-corrected chi connectivity index (χ3v) is 0.368. The minimum Gasteiger partial charge on any atom is -0.466 e. The van der Waals surface area contributed by atoms with Gasteiger partial charge in [-0.2, -0.15) is 9.90 Å². The van der Waals surface area contributed by atoms with Crippen LogP contribution < -0.4 is 0 Å². The second-order valence-electron chi connectivity index (χ2n) is 0.727. The number of carbonyl (C=O) groups is 1. The average molecular weight is 120 g/mol. The van der Waals surface area contributed by atoms with E-state index in [9.17, 15) is 4.79 Å². The Morgan fingerprint density at radius 3 is 2.29 bits per heavy atom. The van der Waals surface area contributed by atoms with E-state index >= 15 is 0 Å². The van der Waals surface area contributed by atoms with Crippen molar-refractivity contribution in [3.63, 3.8) is 0 Å². The Morgan fingerprint density at radius 1 is 1.86 bits per heavy atom. The maximum absolute atomic E-state index is 9.84. The quantitative estimate of drug-likeness (QED) is 0.284. The van der Waals surface area contributed by atoms with E-state index in [1.54, 1.807) is 0 Å². The first-order chi connectivity index (χ1) is 2.81. The molecule has 0 fully saturated rings. The highest BCUT2D eigenvalue weighted by molar-refractivity contribution is 6.92. The Morgan fingerprint density at radius 2 is 2.29 bits per heavy atom. The Labute approximate surface area is 46.2 Å². The molecule has 0 N–H and O–H groups in total. The van der Waals surface area contributed by atoms with Crippen molar-refractivity contribution < 1.29 is 9.53 Å². The summed E-state index contributed by atoms with van der Waals surface area (Å²) >= 11 is 0. The van der Waals surface area contributed by atoms with Gasteiger partial charge in [0.05, 0.1) is 7.11 Å². The zero-order chi connectivity index (χ0) is 4.99. The van der Waals surface area contributed by atoms with Crippen LogP contribution in [0.25, 0.3) is 0 Å². The summed E-state index contributed by atoms with van der Waals surface area (Å²) in [6.07, 6.45) is 1.11. The molecule has 0 amide bonds. The smallest absolute Gasteiger partial charge is 0.329 e. The second kappa shape index (κ2) is 5.64. The molecule has 0 rings (SSSR count). The molecule has 1 atom stereocenters. The van der Waals surface area contributed by atoms with Gasteiger partial charge in [0.25, 0.3) is 0 Å². The second-order valence-corrected chi connectivity index (χ2v) is 0.727. The molecule has 2 nitrogen and oxygen atoms in total. The summed E-state index contributed by atoms with van der Waals surface area (Å²) in [6, 6.07) is 0. The monoisotopic (exact) mass is 120 g/mol. The number of hydrogen-bond acceptors (Lipinski definition) is 2. The van der Waals surface area contributed by atoms with E-state index in [0.29, 0.717) is 0 Å². The average Bonchev–Trinajstić information content (AvgIpc) is 1.65. The Bertz CT molecular complexity index is 70.1. The fourth-order valence-corrected chi connectivity index (χ4v) is 0.0833. The lowest BCUT2D eigenvalue weighted by Crippen LogP contribution is -1.91. The van der Waals surface area contributed by atoms with Crippen molar-refractivity contribution in [3.8, 4) is 0 Å². The van der Waals surface area contributed by atoms with Crippen LogP contribution in [0.15, 0.2) is 12.7 Å². The van der Waals surface area contributed by atoms with Crippen molar-refractivity contribution in [3.05, 3.63) is 12.7 Å². The summed E-state index contributed by atoms with van der Waals surface area (Å²) in [5.41, 5.74) is 0. The fourth-order valence-electron chi connectivity index (χ4n) is 0.0833. The van der Waals surface area contributed by atoms with Crippen LogP contribution in [0, 0.1) is 0 Å². The molecule has 0 aromatic heterocycles. The molecule has 42 valence electrons. The zero-order valence-electron chi connectivity index (χ0n) is 4.31. The van der Waals surface area contributed by atoms with E-state index in [2.05, 4.69) is 11.3 Å². The van der Waals surface area contributed by atoms with Gasteiger partial charge in [-0.05, 0) is 0 Å². The highest BCUT2D eigenvalue weighted by Crippen LogP contribution is 1.67. The highest BCUT2D eigenvalue weighted by atomic mass is 31.0. The van der Waals surface area contributed by atoms with E-state index in [-0.39, 0.29) is 9.90 Å². The van der Waals surface area contributed by atoms with Gasteiger partial charge < -0.3 is 4.74 Å². The number of carbonyl (C=O) groups excluding carboxylic acids is 1. The molecular formula is C4H9O2P. The molecule has 0 aliphatic carbocycles. The highest BCUT2D eigenvalue weighted by Gasteiger charge is 1.81. The number of rotatable bonds is 1. The van der Waals surface area contributed by atoms with Crippen molar-refractivity contribution in [1.29, 1.82) is 0 Å². The molecule has 1 unspecified atom stereocenters. The largest absolute Gasteiger partial charge is 0.466 e. The minimum atomic E-state index is -0.394. The van der Waals surface area contributed by atoms with Crippen LogP contribution in [0.3, 0.4) is 0 Å². The lowest BCUT2D eigenvalue weighted by atomic mass is 10.7. The van der Waals surface area contributed by atoms with E-state index in [1.807, 2.05) is 0 Å². The molecule has 0 saturated carbocycles. The molecule has 0 aliphatic heterocycles. The summed E-state index contributed by atoms with van der Waals surface area (Å²) in [7, 11) is 1.31. The summed E-state index contributed by atoms with van der Waals surface area (Å²) in [6.45, 7) is 3.16. The fraction of sp³-hybridized carbons (Fsp3) is 0.250. The van der Waals surface area contributed by atoms with Gasteiger partial charge in [0, 0.05) is 6.08 Å². The number of hydrogen-bond donors (Lipinski definition) is 0. The van der Waals surface area contributed by atoms with E-state index in [1.165, 1.54) is 7.11 Å². The van der Waals surface area contributed by atoms with Crippen molar-refractivity contribution in [2.75, 3.05) is 7.11 Å². The van der Waals surface area contributed by atoms with Crippen LogP contribution >= 0.6 is 9.90 Å². The lowest BCUT2D eigenvalue weighted by Gasteiger charge is -1.83. The van der Waals surface area contributed by atoms with Crippen LogP contribution in [-0.2, 0) is 9.53 Å². The summed E-state index contributed by atoms with van der Waals surface area (Å²) in [5, 5.41) is 0. The van der Waals surface area contributed by atoms with Crippen LogP contribution in [0.1, 0.15) is 0 Å². The van der Waals surface area contributed by atoms with Gasteiger partial charge in [0.1, 0.15) is 0 Å².